The molecule has 4 amide bonds. The smallest absolute Gasteiger partial charge is 0.407 e. The Morgan fingerprint density at radius 2 is 1.89 bits per heavy atom. The third-order valence-electron chi connectivity index (χ3n) is 13.9. The standard InChI is InChI=1S/C48H68N6O9S/c1-6-36-40-34(35-27-33(15-16-37(35)49-36)61-24-12-21-53-22-25-60-26-23-53)17-18-47(63-40)29-39-41(55)51-48(43(57)52-64(59)46(5)19-20-46)28-32(48)13-10-8-7-9-11-14-38(42(56)54(39)30-47)50-44(58)62-31-45(2,3)4/h10,13,15-16,27,32,38-39H,6-9,11-12,14,17-26,28-31H2,1-5H3,(H,50,58)(H,51,55)(H,52,57)/b13-10-/t32-,38+,39+,47-,48-,64-/m1/s1. The third-order valence-corrected chi connectivity index (χ3v) is 15.5. The number of hydrogen-bond donors (Lipinski definition) is 3. The van der Waals surface area contributed by atoms with Crippen LogP contribution >= 0.6 is 0 Å². The van der Waals surface area contributed by atoms with Gasteiger partial charge in [0.1, 0.15) is 39.5 Å². The maximum absolute atomic E-state index is 15.0. The summed E-state index contributed by atoms with van der Waals surface area (Å²) < 4.78 is 40.0. The van der Waals surface area contributed by atoms with Crippen molar-refractivity contribution in [3.05, 3.63) is 41.6 Å². The molecule has 0 unspecified atom stereocenters. The maximum Gasteiger partial charge on any atom is 0.407 e. The summed E-state index contributed by atoms with van der Waals surface area (Å²) in [6.45, 7) is 15.0. The van der Waals surface area contributed by atoms with Crippen molar-refractivity contribution in [3.63, 3.8) is 0 Å². The summed E-state index contributed by atoms with van der Waals surface area (Å²) >= 11 is -1.61. The first-order valence-electron chi connectivity index (χ1n) is 23.6. The van der Waals surface area contributed by atoms with Gasteiger partial charge in [-0.2, -0.15) is 4.72 Å². The highest BCUT2D eigenvalue weighted by Gasteiger charge is 2.64. The normalized spacial score (nSPS) is 29.2. The summed E-state index contributed by atoms with van der Waals surface area (Å²) in [4.78, 5) is 66.2. The number of alkyl carbamates (subject to hydrolysis) is 1. The van der Waals surface area contributed by atoms with Crippen molar-refractivity contribution in [3.8, 4) is 11.5 Å². The molecule has 2 saturated heterocycles. The minimum Gasteiger partial charge on any atom is -0.593 e. The Bertz CT molecular complexity index is 2100. The fraction of sp³-hybridized carbons (Fsp3) is 0.688. The summed E-state index contributed by atoms with van der Waals surface area (Å²) in [6, 6.07) is 4.03. The minimum absolute atomic E-state index is 0.0942. The van der Waals surface area contributed by atoms with Crippen LogP contribution < -0.4 is 24.8 Å². The van der Waals surface area contributed by atoms with Gasteiger partial charge in [-0.3, -0.25) is 19.3 Å². The van der Waals surface area contributed by atoms with Crippen molar-refractivity contribution in [1.29, 1.82) is 0 Å². The first-order valence-corrected chi connectivity index (χ1v) is 24.8. The number of carbonyl (C=O) groups is 4. The van der Waals surface area contributed by atoms with Crippen LogP contribution in [0.4, 0.5) is 4.79 Å². The number of aryl methyl sites for hydroxylation is 2. The summed E-state index contributed by atoms with van der Waals surface area (Å²) in [5.41, 5.74) is 0.117. The zero-order valence-corrected chi connectivity index (χ0v) is 39.2. The number of benzene rings is 1. The average molecular weight is 905 g/mol. The summed E-state index contributed by atoms with van der Waals surface area (Å²) in [5, 5.41) is 6.91. The topological polar surface area (TPSA) is 184 Å². The van der Waals surface area contributed by atoms with Gasteiger partial charge >= 0.3 is 6.09 Å². The van der Waals surface area contributed by atoms with Crippen LogP contribution in [-0.4, -0.2) is 124 Å². The number of ether oxygens (including phenoxy) is 4. The van der Waals surface area contributed by atoms with Gasteiger partial charge in [-0.25, -0.2) is 9.78 Å². The lowest BCUT2D eigenvalue weighted by Gasteiger charge is -2.37. The van der Waals surface area contributed by atoms with Crippen LogP contribution in [0.25, 0.3) is 10.9 Å². The van der Waals surface area contributed by atoms with E-state index >= 15 is 0 Å². The van der Waals surface area contributed by atoms with Crippen molar-refractivity contribution in [2.75, 3.05) is 52.6 Å². The van der Waals surface area contributed by atoms with Gasteiger partial charge in [-0.15, -0.1) is 0 Å². The fourth-order valence-corrected chi connectivity index (χ4v) is 10.6. The van der Waals surface area contributed by atoms with Crippen molar-refractivity contribution < 1.29 is 42.7 Å². The molecule has 5 heterocycles. The Balaban J connectivity index is 1.07. The number of pyridine rings is 1. The molecule has 1 aromatic heterocycles. The van der Waals surface area contributed by atoms with Gasteiger partial charge in [-0.1, -0.05) is 52.7 Å². The molecule has 4 fully saturated rings. The number of carbonyl (C=O) groups excluding carboxylic acids is 4. The number of morpholine rings is 1. The van der Waals surface area contributed by atoms with E-state index in [0.29, 0.717) is 50.9 Å². The predicted molar refractivity (Wildman–Crippen MR) is 243 cm³/mol. The van der Waals surface area contributed by atoms with Gasteiger partial charge in [0, 0.05) is 55.8 Å². The van der Waals surface area contributed by atoms with E-state index in [4.69, 9.17) is 23.9 Å². The van der Waals surface area contributed by atoms with Gasteiger partial charge in [0.2, 0.25) is 11.8 Å². The Morgan fingerprint density at radius 1 is 1.09 bits per heavy atom. The average Bonchev–Trinajstić information content (AvgIpc) is 4.17. The lowest BCUT2D eigenvalue weighted by atomic mass is 9.87. The van der Waals surface area contributed by atoms with Crippen molar-refractivity contribution in [2.45, 2.75) is 146 Å². The highest BCUT2D eigenvalue weighted by Crippen LogP contribution is 2.49. The molecular formula is C48H68N6O9S. The second kappa shape index (κ2) is 19.0. The Labute approximate surface area is 380 Å². The van der Waals surface area contributed by atoms with E-state index in [1.165, 1.54) is 0 Å². The summed E-state index contributed by atoms with van der Waals surface area (Å²) in [5.74, 6) is -0.227. The molecule has 2 saturated carbocycles. The molecule has 8 rings (SSSR count). The van der Waals surface area contributed by atoms with Crippen molar-refractivity contribution in [1.82, 2.24) is 30.1 Å². The highest BCUT2D eigenvalue weighted by molar-refractivity contribution is 7.91. The lowest BCUT2D eigenvalue weighted by Crippen LogP contribution is -2.58. The molecule has 0 bridgehead atoms. The second-order valence-corrected chi connectivity index (χ2v) is 22.1. The number of amides is 4. The Morgan fingerprint density at radius 3 is 2.64 bits per heavy atom. The van der Waals surface area contributed by atoms with Gasteiger partial charge in [0.05, 0.1) is 55.5 Å². The minimum atomic E-state index is -1.61. The molecule has 350 valence electrons. The van der Waals surface area contributed by atoms with Crippen LogP contribution in [0.5, 0.6) is 11.5 Å². The molecule has 6 atom stereocenters. The number of nitrogens with zero attached hydrogens (tertiary/aromatic N) is 3. The van der Waals surface area contributed by atoms with Gasteiger partial charge in [-0.05, 0) is 81.9 Å². The van der Waals surface area contributed by atoms with E-state index in [2.05, 4.69) is 20.3 Å². The zero-order valence-electron chi connectivity index (χ0n) is 38.4. The van der Waals surface area contributed by atoms with Crippen molar-refractivity contribution >= 4 is 46.1 Å². The molecule has 4 aliphatic heterocycles. The molecule has 0 radical (unpaired) electrons. The predicted octanol–water partition coefficient (Wildman–Crippen LogP) is 5.43. The number of rotatable bonds is 11. The van der Waals surface area contributed by atoms with Crippen LogP contribution in [0.15, 0.2) is 30.4 Å². The summed E-state index contributed by atoms with van der Waals surface area (Å²) in [7, 11) is 0. The molecule has 1 aromatic carbocycles. The maximum atomic E-state index is 15.0. The van der Waals surface area contributed by atoms with E-state index in [9.17, 15) is 23.7 Å². The lowest BCUT2D eigenvalue weighted by molar-refractivity contribution is -0.141. The first-order chi connectivity index (χ1) is 30.6. The van der Waals surface area contributed by atoms with E-state index in [1.54, 1.807) is 4.90 Å². The molecule has 16 heteroatoms. The van der Waals surface area contributed by atoms with Crippen LogP contribution in [0.1, 0.15) is 117 Å². The van der Waals surface area contributed by atoms with Crippen LogP contribution in [0.3, 0.4) is 0 Å². The van der Waals surface area contributed by atoms with Crippen LogP contribution in [0, 0.1) is 11.3 Å². The number of fused-ring (bicyclic) bond motifs is 5. The molecule has 2 aromatic rings. The third kappa shape index (κ3) is 10.4. The van der Waals surface area contributed by atoms with Crippen molar-refractivity contribution in [2.24, 2.45) is 11.3 Å². The van der Waals surface area contributed by atoms with Crippen LogP contribution in [-0.2, 0) is 48.1 Å². The molecular weight excluding hydrogens is 837 g/mol. The first kappa shape index (κ1) is 46.4. The SMILES string of the molecule is CCc1nc2ccc(OCCCN3CCOCC3)cc2c2c1O[C@]1(CC2)C[C@H]2C(=O)N[C@]3(C(=O)N[S@+]([O-])C4(C)CC4)C[C@H]3/C=C\CCCCC[C@H](NC(=O)OCC(C)(C)C)C(=O)N2C1. The molecule has 1 spiro atoms. The molecule has 15 nitrogen and oxygen atoms in total. The molecule has 64 heavy (non-hydrogen) atoms. The molecule has 2 aliphatic carbocycles. The summed E-state index contributed by atoms with van der Waals surface area (Å²) in [6.07, 6.45) is 11.5. The Kier molecular flexibility index (Phi) is 13.8. The highest BCUT2D eigenvalue weighted by atomic mass is 32.2. The second-order valence-electron chi connectivity index (χ2n) is 20.3. The van der Waals surface area contributed by atoms with E-state index in [-0.39, 0.29) is 30.9 Å². The van der Waals surface area contributed by atoms with E-state index in [0.717, 1.165) is 99.3 Å². The number of nitrogens with one attached hydrogen (secondary N) is 3. The monoisotopic (exact) mass is 904 g/mol. The van der Waals surface area contributed by atoms with E-state index < -0.39 is 63.1 Å². The number of hydrogen-bond acceptors (Lipinski definition) is 11. The number of allylic oxidation sites excluding steroid dienone is 1. The number of aromatic nitrogens is 1. The quantitative estimate of drug-likeness (QED) is 0.149. The zero-order chi connectivity index (χ0) is 45.3. The molecule has 3 N–H and O–H groups in total. The molecule has 6 aliphatic rings. The Hall–Kier alpha value is -4.12. The van der Waals surface area contributed by atoms with Crippen LogP contribution in [0.2, 0.25) is 0 Å². The van der Waals surface area contributed by atoms with Gasteiger partial charge in [0.25, 0.3) is 5.91 Å². The van der Waals surface area contributed by atoms with Gasteiger partial charge in [0.15, 0.2) is 0 Å². The van der Waals surface area contributed by atoms with E-state index in [1.807, 2.05) is 65.0 Å². The fourth-order valence-electron chi connectivity index (χ4n) is 9.55. The van der Waals surface area contributed by atoms with Gasteiger partial charge < -0.3 is 39.0 Å². The largest absolute Gasteiger partial charge is 0.593 e.